The first-order valence-corrected chi connectivity index (χ1v) is 9.13. The van der Waals surface area contributed by atoms with Crippen molar-refractivity contribution in [1.29, 1.82) is 0 Å². The molecule has 112 valence electrons. The van der Waals surface area contributed by atoms with Gasteiger partial charge >= 0.3 is 0 Å². The molecule has 6 heteroatoms. The van der Waals surface area contributed by atoms with Gasteiger partial charge in [0.25, 0.3) is 0 Å². The van der Waals surface area contributed by atoms with E-state index in [1.807, 2.05) is 0 Å². The summed E-state index contributed by atoms with van der Waals surface area (Å²) in [5, 5.41) is 0.230. The molecule has 0 aliphatic heterocycles. The number of alkyl halides is 1. The highest BCUT2D eigenvalue weighted by Crippen LogP contribution is 2.35. The van der Waals surface area contributed by atoms with Crippen LogP contribution in [0.4, 0.5) is 0 Å². The number of sulfonamides is 1. The zero-order valence-electron chi connectivity index (χ0n) is 11.4. The first kappa shape index (κ1) is 16.1. The van der Waals surface area contributed by atoms with Crippen molar-refractivity contribution >= 4 is 33.2 Å². The molecule has 1 aromatic carbocycles. The van der Waals surface area contributed by atoms with Crippen LogP contribution in [-0.4, -0.2) is 19.8 Å². The van der Waals surface area contributed by atoms with Crippen LogP contribution in [-0.2, 0) is 10.0 Å². The van der Waals surface area contributed by atoms with Gasteiger partial charge in [0.1, 0.15) is 4.90 Å². The van der Waals surface area contributed by atoms with Crippen molar-refractivity contribution < 1.29 is 8.42 Å². The maximum Gasteiger partial charge on any atom is 0.242 e. The van der Waals surface area contributed by atoms with E-state index < -0.39 is 15.6 Å². The Morgan fingerprint density at radius 1 is 1.40 bits per heavy atom. The van der Waals surface area contributed by atoms with Crippen LogP contribution in [0.5, 0.6) is 0 Å². The van der Waals surface area contributed by atoms with E-state index in [9.17, 15) is 8.42 Å². The molecule has 1 aliphatic carbocycles. The van der Waals surface area contributed by atoms with Crippen molar-refractivity contribution in [2.75, 3.05) is 5.88 Å². The van der Waals surface area contributed by atoms with Gasteiger partial charge in [0.15, 0.2) is 0 Å². The highest BCUT2D eigenvalue weighted by Gasteiger charge is 2.38. The van der Waals surface area contributed by atoms with Crippen molar-refractivity contribution in [1.82, 2.24) is 4.72 Å². The van der Waals surface area contributed by atoms with E-state index in [-0.39, 0.29) is 15.8 Å². The Morgan fingerprint density at radius 3 is 2.70 bits per heavy atom. The molecule has 2 unspecified atom stereocenters. The van der Waals surface area contributed by atoms with Gasteiger partial charge in [0.05, 0.1) is 5.02 Å². The maximum atomic E-state index is 12.5. The third kappa shape index (κ3) is 3.48. The first-order chi connectivity index (χ1) is 9.38. The summed E-state index contributed by atoms with van der Waals surface area (Å²) in [5.41, 5.74) is -0.558. The summed E-state index contributed by atoms with van der Waals surface area (Å²) >= 11 is 12.1. The second-order valence-corrected chi connectivity index (χ2v) is 7.98. The molecule has 1 N–H and O–H groups in total. The van der Waals surface area contributed by atoms with Gasteiger partial charge in [-0.05, 0) is 30.9 Å². The molecule has 0 amide bonds. The minimum absolute atomic E-state index is 0.115. The fraction of sp³-hybridized carbons (Fsp3) is 0.571. The Hall–Kier alpha value is -0.290. The third-order valence-corrected chi connectivity index (χ3v) is 6.41. The minimum Gasteiger partial charge on any atom is -0.207 e. The second kappa shape index (κ2) is 6.22. The van der Waals surface area contributed by atoms with E-state index in [4.69, 9.17) is 23.2 Å². The predicted molar refractivity (Wildman–Crippen MR) is 82.9 cm³/mol. The Labute approximate surface area is 130 Å². The second-order valence-electron chi connectivity index (χ2n) is 5.65. The summed E-state index contributed by atoms with van der Waals surface area (Å²) in [6.45, 7) is 2.13. The average Bonchev–Trinajstić information content (AvgIpc) is 2.38. The van der Waals surface area contributed by atoms with Crippen molar-refractivity contribution in [3.63, 3.8) is 0 Å². The van der Waals surface area contributed by atoms with Gasteiger partial charge in [-0.25, -0.2) is 13.1 Å². The number of hydrogen-bond donors (Lipinski definition) is 1. The highest BCUT2D eigenvalue weighted by molar-refractivity contribution is 7.89. The number of benzene rings is 1. The molecule has 0 aromatic heterocycles. The van der Waals surface area contributed by atoms with Gasteiger partial charge in [0.2, 0.25) is 10.0 Å². The molecular weight excluding hydrogens is 317 g/mol. The minimum atomic E-state index is -3.65. The van der Waals surface area contributed by atoms with E-state index in [2.05, 4.69) is 11.6 Å². The van der Waals surface area contributed by atoms with Gasteiger partial charge in [-0.15, -0.1) is 11.6 Å². The lowest BCUT2D eigenvalue weighted by atomic mass is 9.78. The van der Waals surface area contributed by atoms with Gasteiger partial charge in [0, 0.05) is 11.4 Å². The van der Waals surface area contributed by atoms with Crippen LogP contribution in [0.3, 0.4) is 0 Å². The number of nitrogens with one attached hydrogen (secondary N) is 1. The zero-order chi connectivity index (χ0) is 14.8. The van der Waals surface area contributed by atoms with E-state index >= 15 is 0 Å². The van der Waals surface area contributed by atoms with Gasteiger partial charge in [-0.3, -0.25) is 0 Å². The Kier molecular flexibility index (Phi) is 5.00. The molecule has 1 aliphatic rings. The van der Waals surface area contributed by atoms with Crippen molar-refractivity contribution in [2.24, 2.45) is 5.92 Å². The Balaban J connectivity index is 2.29. The summed E-state index contributed by atoms with van der Waals surface area (Å²) < 4.78 is 27.9. The molecule has 0 radical (unpaired) electrons. The molecule has 2 atom stereocenters. The SMILES string of the molecule is CC1CCCC(CCl)(NS(=O)(=O)c2ccccc2Cl)C1. The number of rotatable bonds is 4. The Morgan fingerprint density at radius 2 is 2.10 bits per heavy atom. The van der Waals surface area contributed by atoms with Gasteiger partial charge in [-0.1, -0.05) is 43.5 Å². The molecule has 0 spiro atoms. The van der Waals surface area contributed by atoms with Crippen LogP contribution < -0.4 is 4.72 Å². The zero-order valence-corrected chi connectivity index (χ0v) is 13.7. The lowest BCUT2D eigenvalue weighted by Crippen LogP contribution is -2.52. The predicted octanol–water partition coefficient (Wildman–Crippen LogP) is 3.81. The van der Waals surface area contributed by atoms with Crippen LogP contribution in [0.15, 0.2) is 29.2 Å². The Bertz CT molecular complexity index is 576. The molecule has 3 nitrogen and oxygen atoms in total. The molecule has 20 heavy (non-hydrogen) atoms. The molecule has 0 bridgehead atoms. The lowest BCUT2D eigenvalue weighted by Gasteiger charge is -2.39. The fourth-order valence-electron chi connectivity index (χ4n) is 2.90. The van der Waals surface area contributed by atoms with Crippen LogP contribution >= 0.6 is 23.2 Å². The molecule has 1 fully saturated rings. The van der Waals surface area contributed by atoms with Crippen LogP contribution in [0.1, 0.15) is 32.6 Å². The lowest BCUT2D eigenvalue weighted by molar-refractivity contribution is 0.239. The van der Waals surface area contributed by atoms with Crippen molar-refractivity contribution in [2.45, 2.75) is 43.0 Å². The number of halogens is 2. The first-order valence-electron chi connectivity index (χ1n) is 6.73. The van der Waals surface area contributed by atoms with Crippen LogP contribution in [0, 0.1) is 5.92 Å². The third-order valence-electron chi connectivity index (χ3n) is 3.82. The summed E-state index contributed by atoms with van der Waals surface area (Å²) in [6.07, 6.45) is 3.64. The average molecular weight is 336 g/mol. The number of hydrogen-bond acceptors (Lipinski definition) is 2. The maximum absolute atomic E-state index is 12.5. The van der Waals surface area contributed by atoms with E-state index in [1.165, 1.54) is 6.07 Å². The molecule has 1 saturated carbocycles. The molecule has 0 saturated heterocycles. The standard InChI is InChI=1S/C14H19Cl2NO2S/c1-11-5-4-8-14(9-11,10-15)17-20(18,19)13-7-3-2-6-12(13)16/h2-3,6-7,11,17H,4-5,8-10H2,1H3. The smallest absolute Gasteiger partial charge is 0.207 e. The topological polar surface area (TPSA) is 46.2 Å². The highest BCUT2D eigenvalue weighted by atomic mass is 35.5. The summed E-state index contributed by atoms with van der Waals surface area (Å²) in [4.78, 5) is 0.115. The normalized spacial score (nSPS) is 27.4. The van der Waals surface area contributed by atoms with Gasteiger partial charge < -0.3 is 0 Å². The summed E-state index contributed by atoms with van der Waals surface area (Å²) in [7, 11) is -3.65. The summed E-state index contributed by atoms with van der Waals surface area (Å²) in [5.74, 6) is 0.748. The van der Waals surface area contributed by atoms with E-state index in [0.717, 1.165) is 25.7 Å². The summed E-state index contributed by atoms with van der Waals surface area (Å²) in [6, 6.07) is 6.46. The molecule has 0 heterocycles. The van der Waals surface area contributed by atoms with E-state index in [0.29, 0.717) is 5.92 Å². The van der Waals surface area contributed by atoms with Crippen LogP contribution in [0.2, 0.25) is 5.02 Å². The largest absolute Gasteiger partial charge is 0.242 e. The van der Waals surface area contributed by atoms with Crippen molar-refractivity contribution in [3.8, 4) is 0 Å². The molecule has 2 rings (SSSR count). The quantitative estimate of drug-likeness (QED) is 0.850. The monoisotopic (exact) mass is 335 g/mol. The van der Waals surface area contributed by atoms with Gasteiger partial charge in [-0.2, -0.15) is 0 Å². The van der Waals surface area contributed by atoms with Crippen molar-refractivity contribution in [3.05, 3.63) is 29.3 Å². The van der Waals surface area contributed by atoms with Crippen LogP contribution in [0.25, 0.3) is 0 Å². The van der Waals surface area contributed by atoms with E-state index in [1.54, 1.807) is 18.2 Å². The fourth-order valence-corrected chi connectivity index (χ4v) is 5.25. The molecular formula is C14H19Cl2NO2S. The molecule has 1 aromatic rings.